The molecule has 0 aliphatic rings. The molecule has 0 amide bonds. The van der Waals surface area contributed by atoms with Crippen LogP contribution in [-0.4, -0.2) is 19.7 Å². The Morgan fingerprint density at radius 2 is 2.05 bits per heavy atom. The molecule has 6 heteroatoms. The molecule has 96 valence electrons. The van der Waals surface area contributed by atoms with Crippen molar-refractivity contribution in [2.45, 2.75) is 13.3 Å². The van der Waals surface area contributed by atoms with Crippen molar-refractivity contribution >= 4 is 16.9 Å². The first-order chi connectivity index (χ1) is 9.20. The molecule has 2 heterocycles. The topological polar surface area (TPSA) is 69.6 Å². The number of hydrogen-bond acceptors (Lipinski definition) is 4. The predicted octanol–water partition coefficient (Wildman–Crippen LogP) is 2.10. The number of nitrogen functional groups attached to an aromatic ring is 1. The zero-order chi connectivity index (χ0) is 13.4. The van der Waals surface area contributed by atoms with E-state index in [0.717, 1.165) is 0 Å². The Hall–Kier alpha value is -2.50. The molecule has 0 radical (unpaired) electrons. The van der Waals surface area contributed by atoms with E-state index < -0.39 is 0 Å². The summed E-state index contributed by atoms with van der Waals surface area (Å²) in [6.45, 7) is 1.93. The smallest absolute Gasteiger partial charge is 0.168 e. The molecule has 0 saturated heterocycles. The summed E-state index contributed by atoms with van der Waals surface area (Å²) in [4.78, 5) is 8.54. The van der Waals surface area contributed by atoms with Crippen molar-refractivity contribution in [3.63, 3.8) is 0 Å². The van der Waals surface area contributed by atoms with Crippen molar-refractivity contribution in [1.29, 1.82) is 0 Å². The molecule has 0 spiro atoms. The second-order valence-electron chi connectivity index (χ2n) is 4.12. The fourth-order valence-corrected chi connectivity index (χ4v) is 1.93. The number of aromatic nitrogens is 4. The van der Waals surface area contributed by atoms with Gasteiger partial charge in [-0.1, -0.05) is 19.1 Å². The summed E-state index contributed by atoms with van der Waals surface area (Å²) in [7, 11) is 0. The zero-order valence-corrected chi connectivity index (χ0v) is 10.3. The van der Waals surface area contributed by atoms with Crippen molar-refractivity contribution in [2.75, 3.05) is 5.73 Å². The molecule has 0 atom stereocenters. The monoisotopic (exact) mass is 257 g/mol. The molecule has 0 unspecified atom stereocenters. The number of rotatable bonds is 2. The van der Waals surface area contributed by atoms with Gasteiger partial charge in [0.05, 0.1) is 11.6 Å². The molecular formula is C13H12FN5. The zero-order valence-electron chi connectivity index (χ0n) is 10.3. The van der Waals surface area contributed by atoms with Gasteiger partial charge in [-0.15, -0.1) is 0 Å². The van der Waals surface area contributed by atoms with E-state index >= 15 is 0 Å². The maximum absolute atomic E-state index is 13.8. The molecule has 2 N–H and O–H groups in total. The van der Waals surface area contributed by atoms with Crippen LogP contribution in [0.2, 0.25) is 0 Å². The van der Waals surface area contributed by atoms with Crippen LogP contribution < -0.4 is 5.73 Å². The first-order valence-corrected chi connectivity index (χ1v) is 5.95. The number of hydrogen-bond donors (Lipinski definition) is 1. The van der Waals surface area contributed by atoms with Gasteiger partial charge in [-0.05, 0) is 12.1 Å². The molecule has 3 aromatic rings. The Balaban J connectivity index is 2.31. The van der Waals surface area contributed by atoms with E-state index in [1.165, 1.54) is 10.7 Å². The van der Waals surface area contributed by atoms with E-state index in [1.54, 1.807) is 24.4 Å². The highest BCUT2D eigenvalue weighted by atomic mass is 19.1. The summed E-state index contributed by atoms with van der Waals surface area (Å²) in [5, 5.41) is 4.78. The van der Waals surface area contributed by atoms with Crippen LogP contribution in [0.5, 0.6) is 0 Å². The number of halogens is 1. The normalized spacial score (nSPS) is 11.1. The molecule has 0 aliphatic heterocycles. The van der Waals surface area contributed by atoms with Crippen LogP contribution in [0.3, 0.4) is 0 Å². The Labute approximate surface area is 108 Å². The number of nitrogens with zero attached hydrogens (tertiary/aromatic N) is 4. The number of para-hydroxylation sites is 1. The first-order valence-electron chi connectivity index (χ1n) is 5.95. The van der Waals surface area contributed by atoms with Crippen molar-refractivity contribution in [3.8, 4) is 5.69 Å². The standard InChI is InChI=1S/C13H12FN5/c1-2-11-17-12(15)8-7-16-19(13(8)18-11)10-6-4-3-5-9(10)14/h3-7H,2H2,1H3,(H2,15,17,18). The van der Waals surface area contributed by atoms with E-state index in [1.807, 2.05) is 6.92 Å². The minimum atomic E-state index is -0.359. The van der Waals surface area contributed by atoms with Gasteiger partial charge >= 0.3 is 0 Å². The fourth-order valence-electron chi connectivity index (χ4n) is 1.93. The third kappa shape index (κ3) is 1.81. The lowest BCUT2D eigenvalue weighted by Gasteiger charge is -2.05. The minimum Gasteiger partial charge on any atom is -0.383 e. The largest absolute Gasteiger partial charge is 0.383 e. The molecule has 2 aromatic heterocycles. The average Bonchev–Trinajstić information content (AvgIpc) is 2.83. The summed E-state index contributed by atoms with van der Waals surface area (Å²) in [5.74, 6) is 0.621. The van der Waals surface area contributed by atoms with Gasteiger partial charge in [-0.3, -0.25) is 0 Å². The summed E-state index contributed by atoms with van der Waals surface area (Å²) in [5.41, 5.74) is 6.73. The van der Waals surface area contributed by atoms with Gasteiger partial charge in [0.2, 0.25) is 0 Å². The van der Waals surface area contributed by atoms with Crippen LogP contribution in [0.1, 0.15) is 12.7 Å². The van der Waals surface area contributed by atoms with Crippen LogP contribution in [-0.2, 0) is 6.42 Å². The molecule has 5 nitrogen and oxygen atoms in total. The highest BCUT2D eigenvalue weighted by molar-refractivity contribution is 5.86. The Bertz CT molecular complexity index is 750. The predicted molar refractivity (Wildman–Crippen MR) is 70.4 cm³/mol. The van der Waals surface area contributed by atoms with Crippen molar-refractivity contribution in [2.24, 2.45) is 0 Å². The third-order valence-corrected chi connectivity index (χ3v) is 2.90. The fraction of sp³-hybridized carbons (Fsp3) is 0.154. The van der Waals surface area contributed by atoms with Crippen LogP contribution >= 0.6 is 0 Å². The van der Waals surface area contributed by atoms with Crippen LogP contribution in [0.4, 0.5) is 10.2 Å². The maximum Gasteiger partial charge on any atom is 0.168 e. The van der Waals surface area contributed by atoms with Gasteiger partial charge in [0.25, 0.3) is 0 Å². The number of aryl methyl sites for hydroxylation is 1. The number of benzene rings is 1. The molecule has 19 heavy (non-hydrogen) atoms. The Kier molecular flexibility index (Phi) is 2.63. The van der Waals surface area contributed by atoms with Gasteiger partial charge in [0.1, 0.15) is 23.1 Å². The van der Waals surface area contributed by atoms with Crippen LogP contribution in [0.15, 0.2) is 30.5 Å². The average molecular weight is 257 g/mol. The van der Waals surface area contributed by atoms with Crippen LogP contribution in [0.25, 0.3) is 16.7 Å². The third-order valence-electron chi connectivity index (χ3n) is 2.90. The molecule has 1 aromatic carbocycles. The van der Waals surface area contributed by atoms with Crippen LogP contribution in [0, 0.1) is 5.82 Å². The van der Waals surface area contributed by atoms with Gasteiger partial charge < -0.3 is 5.73 Å². The lowest BCUT2D eigenvalue weighted by atomic mass is 10.3. The molecule has 0 fully saturated rings. The lowest BCUT2D eigenvalue weighted by molar-refractivity contribution is 0.612. The lowest BCUT2D eigenvalue weighted by Crippen LogP contribution is -2.04. The Morgan fingerprint density at radius 3 is 2.79 bits per heavy atom. The molecule has 0 bridgehead atoms. The molecule has 0 saturated carbocycles. The van der Waals surface area contributed by atoms with Gasteiger partial charge in [0, 0.05) is 6.42 Å². The highest BCUT2D eigenvalue weighted by Gasteiger charge is 2.13. The van der Waals surface area contributed by atoms with Crippen molar-refractivity contribution in [1.82, 2.24) is 19.7 Å². The van der Waals surface area contributed by atoms with E-state index in [4.69, 9.17) is 5.73 Å². The second-order valence-corrected chi connectivity index (χ2v) is 4.12. The van der Waals surface area contributed by atoms with E-state index in [2.05, 4.69) is 15.1 Å². The molecule has 0 aliphatic carbocycles. The Morgan fingerprint density at radius 1 is 1.26 bits per heavy atom. The van der Waals surface area contributed by atoms with Gasteiger partial charge in [0.15, 0.2) is 5.65 Å². The summed E-state index contributed by atoms with van der Waals surface area (Å²) in [6.07, 6.45) is 2.21. The number of nitrogens with two attached hydrogens (primary N) is 1. The summed E-state index contributed by atoms with van der Waals surface area (Å²) < 4.78 is 15.3. The first kappa shape index (κ1) is 11.6. The van der Waals surface area contributed by atoms with E-state index in [0.29, 0.717) is 34.8 Å². The molecular weight excluding hydrogens is 245 g/mol. The SMILES string of the molecule is CCc1nc(N)c2cnn(-c3ccccc3F)c2n1. The van der Waals surface area contributed by atoms with Gasteiger partial charge in [-0.2, -0.15) is 5.10 Å². The highest BCUT2D eigenvalue weighted by Crippen LogP contribution is 2.22. The minimum absolute atomic E-state index is 0.345. The number of fused-ring (bicyclic) bond motifs is 1. The maximum atomic E-state index is 13.8. The molecule has 3 rings (SSSR count). The summed E-state index contributed by atoms with van der Waals surface area (Å²) >= 11 is 0. The van der Waals surface area contributed by atoms with Crippen molar-refractivity contribution in [3.05, 3.63) is 42.1 Å². The van der Waals surface area contributed by atoms with Crippen molar-refractivity contribution < 1.29 is 4.39 Å². The van der Waals surface area contributed by atoms with E-state index in [-0.39, 0.29) is 5.82 Å². The van der Waals surface area contributed by atoms with E-state index in [9.17, 15) is 4.39 Å². The van der Waals surface area contributed by atoms with Gasteiger partial charge in [-0.25, -0.2) is 19.0 Å². The summed E-state index contributed by atoms with van der Waals surface area (Å²) in [6, 6.07) is 6.41. The number of anilines is 1. The quantitative estimate of drug-likeness (QED) is 0.763. The second kappa shape index (κ2) is 4.31.